The number of amides is 1. The zero-order chi connectivity index (χ0) is 12.3. The number of carbonyl (C=O) groups excluding carboxylic acids is 1. The molecule has 0 unspecified atom stereocenters. The van der Waals surface area contributed by atoms with Gasteiger partial charge in [-0.1, -0.05) is 0 Å². The molecule has 3 heteroatoms. The second-order valence-corrected chi connectivity index (χ2v) is 4.45. The number of hydrogen-bond donors (Lipinski definition) is 0. The van der Waals surface area contributed by atoms with Crippen LogP contribution in [0.3, 0.4) is 0 Å². The molecule has 16 heavy (non-hydrogen) atoms. The maximum atomic E-state index is 12.0. The number of hydrogen-bond acceptors (Lipinski definition) is 2. The van der Waals surface area contributed by atoms with Crippen LogP contribution >= 0.6 is 0 Å². The van der Waals surface area contributed by atoms with Crippen molar-refractivity contribution in [2.45, 2.75) is 19.9 Å². The smallest absolute Gasteiger partial charge is 0.253 e. The molecule has 0 bridgehead atoms. The second kappa shape index (κ2) is 5.01. The van der Waals surface area contributed by atoms with Crippen LogP contribution in [-0.2, 0) is 0 Å². The van der Waals surface area contributed by atoms with Crippen molar-refractivity contribution >= 4 is 11.6 Å². The first-order chi connectivity index (χ1) is 7.43. The van der Waals surface area contributed by atoms with Crippen molar-refractivity contribution in [3.8, 4) is 0 Å². The van der Waals surface area contributed by atoms with E-state index in [4.69, 9.17) is 0 Å². The highest BCUT2D eigenvalue weighted by Crippen LogP contribution is 2.14. The zero-order valence-electron chi connectivity index (χ0n) is 10.7. The van der Waals surface area contributed by atoms with Crippen molar-refractivity contribution in [3.63, 3.8) is 0 Å². The number of carbonyl (C=O) groups is 1. The van der Waals surface area contributed by atoms with Crippen LogP contribution in [0.4, 0.5) is 5.69 Å². The average Bonchev–Trinajstić information content (AvgIpc) is 2.27. The Morgan fingerprint density at radius 1 is 1.06 bits per heavy atom. The fraction of sp³-hybridized carbons (Fsp3) is 0.462. The molecule has 0 radical (unpaired) electrons. The van der Waals surface area contributed by atoms with Gasteiger partial charge >= 0.3 is 0 Å². The van der Waals surface area contributed by atoms with Gasteiger partial charge in [0.15, 0.2) is 0 Å². The first-order valence-corrected chi connectivity index (χ1v) is 5.48. The van der Waals surface area contributed by atoms with Crippen molar-refractivity contribution in [3.05, 3.63) is 29.8 Å². The van der Waals surface area contributed by atoms with Gasteiger partial charge in [0.1, 0.15) is 0 Å². The molecule has 0 N–H and O–H groups in total. The molecule has 0 saturated heterocycles. The van der Waals surface area contributed by atoms with E-state index in [0.29, 0.717) is 0 Å². The highest BCUT2D eigenvalue weighted by atomic mass is 16.2. The van der Waals surface area contributed by atoms with E-state index < -0.39 is 0 Å². The molecule has 0 heterocycles. The van der Waals surface area contributed by atoms with E-state index in [1.54, 1.807) is 4.90 Å². The fourth-order valence-electron chi connectivity index (χ4n) is 1.34. The summed E-state index contributed by atoms with van der Waals surface area (Å²) in [4.78, 5) is 15.7. The lowest BCUT2D eigenvalue weighted by molar-refractivity contribution is 0.0755. The van der Waals surface area contributed by atoms with Crippen molar-refractivity contribution in [1.29, 1.82) is 0 Å². The molecule has 88 valence electrons. The quantitative estimate of drug-likeness (QED) is 0.780. The van der Waals surface area contributed by atoms with Crippen LogP contribution in [0.25, 0.3) is 0 Å². The standard InChI is InChI=1S/C13H20N2O/c1-10(2)15(5)13(16)11-6-8-12(9-7-11)14(3)4/h6-10H,1-5H3. The first kappa shape index (κ1) is 12.6. The van der Waals surface area contributed by atoms with Gasteiger partial charge in [0, 0.05) is 38.4 Å². The molecule has 0 aliphatic heterocycles. The first-order valence-electron chi connectivity index (χ1n) is 5.48. The van der Waals surface area contributed by atoms with Gasteiger partial charge in [0.2, 0.25) is 0 Å². The van der Waals surface area contributed by atoms with Gasteiger partial charge in [-0.15, -0.1) is 0 Å². The van der Waals surface area contributed by atoms with Crippen molar-refractivity contribution in [2.75, 3.05) is 26.0 Å². The molecule has 0 aromatic heterocycles. The van der Waals surface area contributed by atoms with Gasteiger partial charge in [0.05, 0.1) is 0 Å². The van der Waals surface area contributed by atoms with E-state index >= 15 is 0 Å². The Bertz CT molecular complexity index is 355. The highest BCUT2D eigenvalue weighted by molar-refractivity contribution is 5.94. The predicted octanol–water partition coefficient (Wildman–Crippen LogP) is 2.23. The summed E-state index contributed by atoms with van der Waals surface area (Å²) in [5.41, 5.74) is 1.84. The minimum absolute atomic E-state index is 0.0697. The van der Waals surface area contributed by atoms with E-state index in [2.05, 4.69) is 0 Å². The Hall–Kier alpha value is -1.51. The van der Waals surface area contributed by atoms with E-state index in [1.807, 2.05) is 64.2 Å². The lowest BCUT2D eigenvalue weighted by Gasteiger charge is -2.21. The van der Waals surface area contributed by atoms with Crippen LogP contribution in [0, 0.1) is 0 Å². The van der Waals surface area contributed by atoms with Crippen LogP contribution in [0.2, 0.25) is 0 Å². The summed E-state index contributed by atoms with van der Waals surface area (Å²) in [6, 6.07) is 7.89. The molecular formula is C13H20N2O. The lowest BCUT2D eigenvalue weighted by atomic mass is 10.1. The van der Waals surface area contributed by atoms with Crippen LogP contribution in [0.5, 0.6) is 0 Å². The summed E-state index contributed by atoms with van der Waals surface area (Å²) in [5.74, 6) is 0.0697. The Kier molecular flexibility index (Phi) is 3.93. The lowest BCUT2D eigenvalue weighted by Crippen LogP contribution is -2.32. The van der Waals surface area contributed by atoms with Crippen molar-refractivity contribution < 1.29 is 4.79 Å². The summed E-state index contributed by atoms with van der Waals surface area (Å²) >= 11 is 0. The number of anilines is 1. The van der Waals surface area contributed by atoms with E-state index in [0.717, 1.165) is 11.3 Å². The summed E-state index contributed by atoms with van der Waals surface area (Å²) in [7, 11) is 5.79. The van der Waals surface area contributed by atoms with Gasteiger partial charge in [-0.05, 0) is 38.1 Å². The van der Waals surface area contributed by atoms with Crippen molar-refractivity contribution in [1.82, 2.24) is 4.90 Å². The largest absolute Gasteiger partial charge is 0.378 e. The van der Waals surface area contributed by atoms with E-state index in [9.17, 15) is 4.79 Å². The third-order valence-electron chi connectivity index (χ3n) is 2.73. The molecule has 1 aromatic carbocycles. The van der Waals surface area contributed by atoms with Gasteiger partial charge < -0.3 is 9.80 Å². The van der Waals surface area contributed by atoms with E-state index in [1.165, 1.54) is 0 Å². The zero-order valence-corrected chi connectivity index (χ0v) is 10.7. The molecule has 3 nitrogen and oxygen atoms in total. The Labute approximate surface area is 97.7 Å². The number of nitrogens with zero attached hydrogens (tertiary/aromatic N) is 2. The third-order valence-corrected chi connectivity index (χ3v) is 2.73. The van der Waals surface area contributed by atoms with Crippen LogP contribution in [0.1, 0.15) is 24.2 Å². The highest BCUT2D eigenvalue weighted by Gasteiger charge is 2.13. The van der Waals surface area contributed by atoms with Crippen LogP contribution in [0.15, 0.2) is 24.3 Å². The van der Waals surface area contributed by atoms with Gasteiger partial charge in [-0.3, -0.25) is 4.79 Å². The molecule has 1 amide bonds. The molecule has 0 aliphatic rings. The average molecular weight is 220 g/mol. The van der Waals surface area contributed by atoms with Gasteiger partial charge in [-0.25, -0.2) is 0 Å². The summed E-state index contributed by atoms with van der Waals surface area (Å²) < 4.78 is 0. The summed E-state index contributed by atoms with van der Waals surface area (Å²) in [6.45, 7) is 4.01. The fourth-order valence-corrected chi connectivity index (χ4v) is 1.34. The molecule has 0 saturated carbocycles. The normalized spacial score (nSPS) is 10.4. The topological polar surface area (TPSA) is 23.6 Å². The monoisotopic (exact) mass is 220 g/mol. The maximum absolute atomic E-state index is 12.0. The summed E-state index contributed by atoms with van der Waals surface area (Å²) in [6.07, 6.45) is 0. The summed E-state index contributed by atoms with van der Waals surface area (Å²) in [5, 5.41) is 0. The maximum Gasteiger partial charge on any atom is 0.253 e. The molecule has 1 aromatic rings. The Balaban J connectivity index is 2.86. The molecule has 0 fully saturated rings. The minimum atomic E-state index is 0.0697. The molecule has 0 spiro atoms. The SMILES string of the molecule is CC(C)N(C)C(=O)c1ccc(N(C)C)cc1. The van der Waals surface area contributed by atoms with E-state index in [-0.39, 0.29) is 11.9 Å². The van der Waals surface area contributed by atoms with Crippen LogP contribution < -0.4 is 4.90 Å². The molecule has 1 rings (SSSR count). The van der Waals surface area contributed by atoms with Crippen molar-refractivity contribution in [2.24, 2.45) is 0 Å². The van der Waals surface area contributed by atoms with Gasteiger partial charge in [0.25, 0.3) is 5.91 Å². The number of benzene rings is 1. The molecule has 0 atom stereocenters. The predicted molar refractivity (Wildman–Crippen MR) is 68.0 cm³/mol. The van der Waals surface area contributed by atoms with Gasteiger partial charge in [-0.2, -0.15) is 0 Å². The van der Waals surface area contributed by atoms with Crippen LogP contribution in [-0.4, -0.2) is 38.0 Å². The Morgan fingerprint density at radius 3 is 1.94 bits per heavy atom. The second-order valence-electron chi connectivity index (χ2n) is 4.45. The Morgan fingerprint density at radius 2 is 1.56 bits per heavy atom. The third kappa shape index (κ3) is 2.75. The molecule has 0 aliphatic carbocycles. The number of rotatable bonds is 3. The molecular weight excluding hydrogens is 200 g/mol. The minimum Gasteiger partial charge on any atom is -0.378 e.